The Balaban J connectivity index is 0.000000205. The van der Waals surface area contributed by atoms with Gasteiger partial charge in [-0.15, -0.1) is 0 Å². The number of aliphatic hydroxyl groups excluding tert-OH is 3. The Labute approximate surface area is 559 Å². The largest absolute Gasteiger partial charge is 0.493 e. The molecule has 95 heavy (non-hydrogen) atoms. The summed E-state index contributed by atoms with van der Waals surface area (Å²) in [6.07, 6.45) is 4.87. The number of carbonyl (C=O) groups is 5. The standard InChI is InChI=1S/C27H34N2O6.C27H36N2O6.C19H30N2O4/c1-18(2)33-13-8-14-34-24-16-23-21(15-19(24)3)25(30)28-12-7-11-22(28)26(31)29(23)27(32)35-17-20-9-5-4-6-10-20;1-19(2)33-13-8-14-34-25-16-24(28-27(32)35-18-21-9-5-4-6-10-21)23(15-20(25)3)26(31)29-12-7-11-22(29)17-30;1-13(2)24-8-5-9-25-18-11-17(20)16(10-14(18)3)19(23)21-7-4-6-15(21)12-22/h4-6,9-10,15-16,18,22,26,31H,7-8,11-14,17H2,1-3H3;4-6,9-10,15-16,19,22,30H,7-8,11-14,17-18H2,1-3H3,(H,28,32);10-11,13,15,22H,4-9,12,20H2,1-3H3/t22-,26?;22-;15-/m000/s1. The predicted octanol–water partition coefficient (Wildman–Crippen LogP) is 11.2. The number of anilines is 3. The number of benzene rings is 5. The van der Waals surface area contributed by atoms with E-state index in [1.165, 1.54) is 4.90 Å². The Morgan fingerprint density at radius 2 is 1.02 bits per heavy atom. The second kappa shape index (κ2) is 37.3. The number of likely N-dealkylation sites (tertiary alicyclic amines) is 2. The highest BCUT2D eigenvalue weighted by Gasteiger charge is 2.45. The molecule has 1 unspecified atom stereocenters. The molecule has 9 rings (SSSR count). The fraction of sp³-hybridized carbons (Fsp3) is 0.521. The summed E-state index contributed by atoms with van der Waals surface area (Å²) >= 11 is 0. The van der Waals surface area contributed by atoms with Crippen LogP contribution in [0.4, 0.5) is 26.7 Å². The van der Waals surface area contributed by atoms with E-state index in [0.29, 0.717) is 130 Å². The summed E-state index contributed by atoms with van der Waals surface area (Å²) < 4.78 is 45.2. The van der Waals surface area contributed by atoms with Gasteiger partial charge in [0.25, 0.3) is 17.7 Å². The minimum atomic E-state index is -1.22. The number of carbonyl (C=O) groups excluding carboxylic acids is 5. The minimum absolute atomic E-state index is 0.00965. The molecule has 0 radical (unpaired) electrons. The summed E-state index contributed by atoms with van der Waals surface area (Å²) in [5, 5.41) is 33.1. The molecule has 4 aliphatic heterocycles. The zero-order valence-corrected chi connectivity index (χ0v) is 56.9. The number of ether oxygens (including phenoxy) is 8. The van der Waals surface area contributed by atoms with Gasteiger partial charge in [0.05, 0.1) is 117 Å². The number of nitrogens with one attached hydrogen (secondary N) is 1. The van der Waals surface area contributed by atoms with Gasteiger partial charge in [0.1, 0.15) is 30.5 Å². The van der Waals surface area contributed by atoms with Crippen LogP contribution in [0.25, 0.3) is 0 Å². The molecule has 4 aliphatic rings. The van der Waals surface area contributed by atoms with Gasteiger partial charge in [0, 0.05) is 62.8 Å². The molecular formula is C73H100N6O16. The number of hydrogen-bond acceptors (Lipinski definition) is 17. The summed E-state index contributed by atoms with van der Waals surface area (Å²) in [4.78, 5) is 71.7. The molecule has 22 nitrogen and oxygen atoms in total. The Hall–Kier alpha value is -7.99. The van der Waals surface area contributed by atoms with E-state index in [4.69, 9.17) is 43.6 Å². The number of nitrogen functional groups attached to an aromatic ring is 1. The van der Waals surface area contributed by atoms with Crippen LogP contribution >= 0.6 is 0 Å². The summed E-state index contributed by atoms with van der Waals surface area (Å²) in [7, 11) is 0. The summed E-state index contributed by atoms with van der Waals surface area (Å²) in [5.41, 5.74) is 12.4. The maximum atomic E-state index is 13.4. The number of hydrogen-bond donors (Lipinski definition) is 5. The van der Waals surface area contributed by atoms with Gasteiger partial charge in [-0.1, -0.05) is 60.7 Å². The smallest absolute Gasteiger partial charge is 0.416 e. The van der Waals surface area contributed by atoms with E-state index >= 15 is 0 Å². The lowest BCUT2D eigenvalue weighted by Gasteiger charge is -2.31. The van der Waals surface area contributed by atoms with Crippen LogP contribution < -0.4 is 30.2 Å². The van der Waals surface area contributed by atoms with Gasteiger partial charge in [0.15, 0.2) is 6.23 Å². The summed E-state index contributed by atoms with van der Waals surface area (Å²) in [6.45, 7) is 22.6. The average molecular weight is 1320 g/mol. The summed E-state index contributed by atoms with van der Waals surface area (Å²) in [5.74, 6) is 1.27. The normalized spacial score (nSPS) is 17.4. The monoisotopic (exact) mass is 1320 g/mol. The number of rotatable bonds is 27. The van der Waals surface area contributed by atoms with Crippen molar-refractivity contribution in [2.75, 3.05) is 88.4 Å². The number of fused-ring (bicyclic) bond motifs is 2. The van der Waals surface area contributed by atoms with Crippen LogP contribution in [-0.4, -0.2) is 175 Å². The van der Waals surface area contributed by atoms with Crippen molar-refractivity contribution >= 4 is 47.0 Å². The first-order valence-corrected chi connectivity index (χ1v) is 33.4. The van der Waals surface area contributed by atoms with Crippen molar-refractivity contribution in [2.24, 2.45) is 0 Å². The zero-order valence-electron chi connectivity index (χ0n) is 56.9. The highest BCUT2D eigenvalue weighted by Crippen LogP contribution is 2.39. The van der Waals surface area contributed by atoms with Gasteiger partial charge >= 0.3 is 12.2 Å². The van der Waals surface area contributed by atoms with Crippen LogP contribution in [0.2, 0.25) is 0 Å². The second-order valence-corrected chi connectivity index (χ2v) is 25.0. The Morgan fingerprint density at radius 1 is 0.568 bits per heavy atom. The number of amides is 5. The van der Waals surface area contributed by atoms with E-state index in [0.717, 1.165) is 66.3 Å². The fourth-order valence-corrected chi connectivity index (χ4v) is 11.6. The lowest BCUT2D eigenvalue weighted by atomic mass is 10.1. The van der Waals surface area contributed by atoms with Crippen molar-refractivity contribution in [3.63, 3.8) is 0 Å². The van der Waals surface area contributed by atoms with E-state index < -0.39 is 24.5 Å². The Kier molecular flexibility index (Phi) is 29.3. The molecular weight excluding hydrogens is 1220 g/mol. The molecule has 4 atom stereocenters. The highest BCUT2D eigenvalue weighted by molar-refractivity contribution is 6.06. The minimum Gasteiger partial charge on any atom is -0.493 e. The average Bonchev–Trinajstić information content (AvgIpc) is 1.65. The maximum absolute atomic E-state index is 13.4. The highest BCUT2D eigenvalue weighted by atomic mass is 16.6. The number of aryl methyl sites for hydroxylation is 3. The number of nitrogens with zero attached hydrogens (tertiary/aromatic N) is 4. The molecule has 4 heterocycles. The molecule has 3 saturated heterocycles. The lowest BCUT2D eigenvalue weighted by Crippen LogP contribution is -2.50. The first-order chi connectivity index (χ1) is 45.7. The molecule has 6 N–H and O–H groups in total. The SMILES string of the molecule is Cc1cc(C(=O)N2CCC[C@H]2CO)c(N)cc1OCCCOC(C)C.Cc1cc(C(=O)N2CCC[C@H]2CO)c(NC(=O)OCc2ccccc2)cc1OCCCOC(C)C.Cc1cc2c(cc1OCCCOC(C)C)N(C(=O)OCc1ccccc1)C(O)[C@@H]1CCCN1C2=O. The van der Waals surface area contributed by atoms with Gasteiger partial charge in [0.2, 0.25) is 0 Å². The number of nitrogens with two attached hydrogens (primary N) is 1. The van der Waals surface area contributed by atoms with Crippen LogP contribution in [0.5, 0.6) is 17.2 Å². The van der Waals surface area contributed by atoms with Crippen molar-refractivity contribution < 1.29 is 77.2 Å². The van der Waals surface area contributed by atoms with Crippen LogP contribution in [0.3, 0.4) is 0 Å². The van der Waals surface area contributed by atoms with Crippen LogP contribution in [0, 0.1) is 20.8 Å². The third-order valence-corrected chi connectivity index (χ3v) is 16.6. The zero-order chi connectivity index (χ0) is 68.6. The molecule has 0 aromatic heterocycles. The topological polar surface area (TPSA) is 271 Å². The van der Waals surface area contributed by atoms with Crippen molar-refractivity contribution in [1.82, 2.24) is 14.7 Å². The van der Waals surface area contributed by atoms with Crippen LogP contribution in [0.15, 0.2) is 97.1 Å². The predicted molar refractivity (Wildman–Crippen MR) is 363 cm³/mol. The van der Waals surface area contributed by atoms with Gasteiger partial charge in [-0.05, 0) is 147 Å². The molecule has 0 aliphatic carbocycles. The van der Waals surface area contributed by atoms with E-state index in [1.54, 1.807) is 51.1 Å². The van der Waals surface area contributed by atoms with Crippen LogP contribution in [0.1, 0.15) is 158 Å². The van der Waals surface area contributed by atoms with Gasteiger partial charge < -0.3 is 73.6 Å². The lowest BCUT2D eigenvalue weighted by molar-refractivity contribution is 0.0485. The summed E-state index contributed by atoms with van der Waals surface area (Å²) in [6, 6.07) is 28.2. The molecule has 5 amide bonds. The first kappa shape index (κ1) is 74.4. The molecule has 518 valence electrons. The van der Waals surface area contributed by atoms with Crippen molar-refractivity contribution in [3.05, 3.63) is 142 Å². The molecule has 22 heteroatoms. The Bertz CT molecular complexity index is 3280. The molecule has 3 fully saturated rings. The molecule has 0 saturated carbocycles. The van der Waals surface area contributed by atoms with E-state index in [2.05, 4.69) is 5.32 Å². The fourth-order valence-electron chi connectivity index (χ4n) is 11.6. The van der Waals surface area contributed by atoms with Crippen molar-refractivity contribution in [3.8, 4) is 17.2 Å². The quantitative estimate of drug-likeness (QED) is 0.0241. The molecule has 5 aromatic carbocycles. The third kappa shape index (κ3) is 21.5. The van der Waals surface area contributed by atoms with Gasteiger partial charge in [-0.2, -0.15) is 0 Å². The van der Waals surface area contributed by atoms with Gasteiger partial charge in [-0.25, -0.2) is 14.5 Å². The molecule has 5 aromatic rings. The van der Waals surface area contributed by atoms with Crippen molar-refractivity contribution in [2.45, 2.75) is 176 Å². The van der Waals surface area contributed by atoms with Crippen molar-refractivity contribution in [1.29, 1.82) is 0 Å². The third-order valence-electron chi connectivity index (χ3n) is 16.6. The first-order valence-electron chi connectivity index (χ1n) is 33.4. The maximum Gasteiger partial charge on any atom is 0.416 e. The van der Waals surface area contributed by atoms with E-state index in [-0.39, 0.29) is 74.5 Å². The second-order valence-electron chi connectivity index (χ2n) is 25.0. The number of aliphatic hydroxyl groups is 3. The van der Waals surface area contributed by atoms with Gasteiger partial charge in [-0.3, -0.25) is 19.7 Å². The molecule has 0 spiro atoms. The van der Waals surface area contributed by atoms with E-state index in [9.17, 15) is 39.3 Å². The van der Waals surface area contributed by atoms with Crippen LogP contribution in [-0.2, 0) is 36.9 Å². The van der Waals surface area contributed by atoms with E-state index in [1.807, 2.05) is 123 Å². The molecule has 0 bridgehead atoms. The Morgan fingerprint density at radius 3 is 1.53 bits per heavy atom.